The Kier molecular flexibility index (Phi) is 5.69. The highest BCUT2D eigenvalue weighted by molar-refractivity contribution is 5.14. The SMILES string of the molecule is NC(CCc1ccccc1)CNCCCC1CC1. The van der Waals surface area contributed by atoms with Gasteiger partial charge in [0, 0.05) is 12.6 Å². The number of hydrogen-bond acceptors (Lipinski definition) is 2. The number of nitrogens with two attached hydrogens (primary N) is 1. The van der Waals surface area contributed by atoms with Crippen LogP contribution >= 0.6 is 0 Å². The Labute approximate surface area is 111 Å². The zero-order chi connectivity index (χ0) is 12.6. The van der Waals surface area contributed by atoms with Crippen molar-refractivity contribution >= 4 is 0 Å². The smallest absolute Gasteiger partial charge is 0.0168 e. The van der Waals surface area contributed by atoms with Gasteiger partial charge in [0.2, 0.25) is 0 Å². The summed E-state index contributed by atoms with van der Waals surface area (Å²) in [6.45, 7) is 2.09. The molecular weight excluding hydrogens is 220 g/mol. The van der Waals surface area contributed by atoms with E-state index in [9.17, 15) is 0 Å². The van der Waals surface area contributed by atoms with Gasteiger partial charge < -0.3 is 11.1 Å². The minimum atomic E-state index is 0.283. The van der Waals surface area contributed by atoms with E-state index in [4.69, 9.17) is 5.73 Å². The largest absolute Gasteiger partial charge is 0.327 e. The molecule has 0 bridgehead atoms. The molecule has 1 aliphatic carbocycles. The molecule has 0 aromatic heterocycles. The van der Waals surface area contributed by atoms with Crippen LogP contribution in [0.4, 0.5) is 0 Å². The molecule has 2 heteroatoms. The maximum absolute atomic E-state index is 6.11. The molecule has 0 aliphatic heterocycles. The fourth-order valence-corrected chi connectivity index (χ4v) is 2.31. The average molecular weight is 246 g/mol. The monoisotopic (exact) mass is 246 g/mol. The third-order valence-corrected chi connectivity index (χ3v) is 3.72. The van der Waals surface area contributed by atoms with E-state index in [1.807, 2.05) is 0 Å². The lowest BCUT2D eigenvalue weighted by Gasteiger charge is -2.12. The van der Waals surface area contributed by atoms with Crippen LogP contribution in [-0.4, -0.2) is 19.1 Å². The second-order valence-corrected chi connectivity index (χ2v) is 5.57. The summed E-state index contributed by atoms with van der Waals surface area (Å²) in [5.74, 6) is 1.05. The Morgan fingerprint density at radius 2 is 2.00 bits per heavy atom. The second-order valence-electron chi connectivity index (χ2n) is 5.57. The maximum Gasteiger partial charge on any atom is 0.0168 e. The van der Waals surface area contributed by atoms with Crippen LogP contribution in [0, 0.1) is 5.92 Å². The van der Waals surface area contributed by atoms with Crippen LogP contribution in [0.25, 0.3) is 0 Å². The lowest BCUT2D eigenvalue weighted by atomic mass is 10.1. The molecule has 1 unspecified atom stereocenters. The van der Waals surface area contributed by atoms with Crippen molar-refractivity contribution in [3.05, 3.63) is 35.9 Å². The summed E-state index contributed by atoms with van der Waals surface area (Å²) in [6.07, 6.45) is 7.82. The van der Waals surface area contributed by atoms with Gasteiger partial charge in [-0.1, -0.05) is 43.2 Å². The molecular formula is C16H26N2. The quantitative estimate of drug-likeness (QED) is 0.658. The van der Waals surface area contributed by atoms with Crippen molar-refractivity contribution in [1.82, 2.24) is 5.32 Å². The van der Waals surface area contributed by atoms with Crippen LogP contribution in [0.3, 0.4) is 0 Å². The van der Waals surface area contributed by atoms with Gasteiger partial charge >= 0.3 is 0 Å². The first kappa shape index (κ1) is 13.6. The fourth-order valence-electron chi connectivity index (χ4n) is 2.31. The Hall–Kier alpha value is -0.860. The summed E-state index contributed by atoms with van der Waals surface area (Å²) in [5, 5.41) is 3.48. The van der Waals surface area contributed by atoms with E-state index in [1.165, 1.54) is 31.2 Å². The van der Waals surface area contributed by atoms with Crippen molar-refractivity contribution in [2.75, 3.05) is 13.1 Å². The summed E-state index contributed by atoms with van der Waals surface area (Å²) < 4.78 is 0. The van der Waals surface area contributed by atoms with Gasteiger partial charge in [0.25, 0.3) is 0 Å². The third kappa shape index (κ3) is 5.65. The standard InChI is InChI=1S/C16H26N2/c17-16(11-10-14-5-2-1-3-6-14)13-18-12-4-7-15-8-9-15/h1-3,5-6,15-16,18H,4,7-13,17H2. The van der Waals surface area contributed by atoms with Gasteiger partial charge in [0.05, 0.1) is 0 Å². The van der Waals surface area contributed by atoms with Crippen LogP contribution in [0.2, 0.25) is 0 Å². The van der Waals surface area contributed by atoms with E-state index in [0.717, 1.165) is 31.8 Å². The number of nitrogens with one attached hydrogen (secondary N) is 1. The van der Waals surface area contributed by atoms with E-state index in [0.29, 0.717) is 0 Å². The normalized spacial score (nSPS) is 16.7. The zero-order valence-electron chi connectivity index (χ0n) is 11.3. The molecule has 2 rings (SSSR count). The van der Waals surface area contributed by atoms with Gasteiger partial charge in [-0.25, -0.2) is 0 Å². The van der Waals surface area contributed by atoms with Gasteiger partial charge in [-0.2, -0.15) is 0 Å². The van der Waals surface area contributed by atoms with Crippen molar-refractivity contribution in [2.24, 2.45) is 11.7 Å². The first-order valence-electron chi connectivity index (χ1n) is 7.35. The van der Waals surface area contributed by atoms with E-state index < -0.39 is 0 Å². The fraction of sp³-hybridized carbons (Fsp3) is 0.625. The minimum Gasteiger partial charge on any atom is -0.327 e. The van der Waals surface area contributed by atoms with E-state index >= 15 is 0 Å². The maximum atomic E-state index is 6.11. The lowest BCUT2D eigenvalue weighted by Crippen LogP contribution is -2.34. The highest BCUT2D eigenvalue weighted by Gasteiger charge is 2.19. The van der Waals surface area contributed by atoms with Gasteiger partial charge in [0.1, 0.15) is 0 Å². The van der Waals surface area contributed by atoms with Gasteiger partial charge in [-0.3, -0.25) is 0 Å². The van der Waals surface area contributed by atoms with Gasteiger partial charge in [-0.15, -0.1) is 0 Å². The van der Waals surface area contributed by atoms with Crippen LogP contribution in [0.1, 0.15) is 37.7 Å². The summed E-state index contributed by atoms with van der Waals surface area (Å²) in [7, 11) is 0. The van der Waals surface area contributed by atoms with Crippen molar-refractivity contribution < 1.29 is 0 Å². The summed E-state index contributed by atoms with van der Waals surface area (Å²) in [4.78, 5) is 0. The first-order chi connectivity index (χ1) is 8.84. The number of benzene rings is 1. The summed E-state index contributed by atoms with van der Waals surface area (Å²) >= 11 is 0. The van der Waals surface area contributed by atoms with Crippen LogP contribution in [0.5, 0.6) is 0 Å². The van der Waals surface area contributed by atoms with E-state index in [-0.39, 0.29) is 6.04 Å². The Morgan fingerprint density at radius 3 is 2.72 bits per heavy atom. The number of aryl methyl sites for hydroxylation is 1. The van der Waals surface area contributed by atoms with E-state index in [2.05, 4.69) is 35.6 Å². The average Bonchev–Trinajstić information content (AvgIpc) is 3.21. The van der Waals surface area contributed by atoms with Gasteiger partial charge in [0.15, 0.2) is 0 Å². The van der Waals surface area contributed by atoms with Crippen molar-refractivity contribution in [3.8, 4) is 0 Å². The molecule has 0 saturated heterocycles. The zero-order valence-corrected chi connectivity index (χ0v) is 11.3. The topological polar surface area (TPSA) is 38.0 Å². The highest BCUT2D eigenvalue weighted by atomic mass is 14.9. The van der Waals surface area contributed by atoms with Crippen molar-refractivity contribution in [1.29, 1.82) is 0 Å². The number of hydrogen-bond donors (Lipinski definition) is 2. The molecule has 0 amide bonds. The van der Waals surface area contributed by atoms with Crippen LogP contribution < -0.4 is 11.1 Å². The Bertz CT molecular complexity index is 319. The molecule has 1 saturated carbocycles. The molecule has 100 valence electrons. The first-order valence-corrected chi connectivity index (χ1v) is 7.35. The predicted octanol–water partition coefficient (Wildman–Crippen LogP) is 2.73. The third-order valence-electron chi connectivity index (χ3n) is 3.72. The van der Waals surface area contributed by atoms with Crippen molar-refractivity contribution in [3.63, 3.8) is 0 Å². The van der Waals surface area contributed by atoms with E-state index in [1.54, 1.807) is 0 Å². The second kappa shape index (κ2) is 7.55. The summed E-state index contributed by atoms with van der Waals surface area (Å²) in [5.41, 5.74) is 7.50. The molecule has 0 radical (unpaired) electrons. The Morgan fingerprint density at radius 1 is 1.22 bits per heavy atom. The molecule has 18 heavy (non-hydrogen) atoms. The minimum absolute atomic E-state index is 0.283. The predicted molar refractivity (Wildman–Crippen MR) is 77.6 cm³/mol. The molecule has 1 aliphatic rings. The summed E-state index contributed by atoms with van der Waals surface area (Å²) in [6, 6.07) is 10.9. The highest BCUT2D eigenvalue weighted by Crippen LogP contribution is 2.33. The number of rotatable bonds is 9. The lowest BCUT2D eigenvalue weighted by molar-refractivity contribution is 0.524. The molecule has 3 N–H and O–H groups in total. The molecule has 1 aromatic carbocycles. The molecule has 1 atom stereocenters. The molecule has 0 spiro atoms. The van der Waals surface area contributed by atoms with Gasteiger partial charge in [-0.05, 0) is 43.7 Å². The van der Waals surface area contributed by atoms with Crippen molar-refractivity contribution in [2.45, 2.75) is 44.6 Å². The molecule has 1 fully saturated rings. The van der Waals surface area contributed by atoms with Crippen LogP contribution in [-0.2, 0) is 6.42 Å². The molecule has 2 nitrogen and oxygen atoms in total. The molecule has 1 aromatic rings. The van der Waals surface area contributed by atoms with Crippen LogP contribution in [0.15, 0.2) is 30.3 Å². The Balaban J connectivity index is 1.47. The molecule has 0 heterocycles.